The Hall–Kier alpha value is -3.13. The number of aromatic nitrogens is 5. The molecule has 1 aromatic carbocycles. The molecule has 0 aliphatic carbocycles. The number of hydrogen-bond acceptors (Lipinski definition) is 6. The van der Waals surface area contributed by atoms with Crippen LogP contribution in [0.25, 0.3) is 16.3 Å². The minimum absolute atomic E-state index is 0.113. The third-order valence-corrected chi connectivity index (χ3v) is 5.35. The highest BCUT2D eigenvalue weighted by Crippen LogP contribution is 2.27. The molecule has 0 saturated carbocycles. The molecule has 3 heterocycles. The molecule has 7 nitrogen and oxygen atoms in total. The van der Waals surface area contributed by atoms with Crippen LogP contribution in [0.5, 0.6) is 0 Å². The molecule has 0 spiro atoms. The number of aryl methyl sites for hydroxylation is 3. The first-order valence-electron chi connectivity index (χ1n) is 8.52. The van der Waals surface area contributed by atoms with Gasteiger partial charge in [-0.1, -0.05) is 30.3 Å². The Balaban J connectivity index is 1.51. The number of rotatable bonds is 4. The fourth-order valence-corrected chi connectivity index (χ4v) is 3.81. The van der Waals surface area contributed by atoms with Gasteiger partial charge in [0.05, 0.1) is 12.2 Å². The van der Waals surface area contributed by atoms with Gasteiger partial charge in [-0.05, 0) is 26.8 Å². The Labute approximate surface area is 160 Å². The van der Waals surface area contributed by atoms with Gasteiger partial charge in [-0.15, -0.1) is 16.4 Å². The molecular formula is C19H18N6OS. The average molecular weight is 378 g/mol. The number of hydrogen-bond donors (Lipinski definition) is 1. The summed E-state index contributed by atoms with van der Waals surface area (Å²) >= 11 is 1.58. The van der Waals surface area contributed by atoms with Crippen molar-refractivity contribution in [3.63, 3.8) is 0 Å². The molecule has 0 saturated heterocycles. The van der Waals surface area contributed by atoms with E-state index in [1.807, 2.05) is 57.2 Å². The van der Waals surface area contributed by atoms with Crippen molar-refractivity contribution in [2.24, 2.45) is 0 Å². The highest BCUT2D eigenvalue weighted by Gasteiger charge is 2.16. The van der Waals surface area contributed by atoms with E-state index in [1.165, 1.54) is 0 Å². The number of nitrogens with zero attached hydrogens (tertiary/aromatic N) is 5. The fourth-order valence-electron chi connectivity index (χ4n) is 2.80. The van der Waals surface area contributed by atoms with E-state index in [4.69, 9.17) is 0 Å². The zero-order chi connectivity index (χ0) is 19.0. The lowest BCUT2D eigenvalue weighted by Gasteiger charge is -2.00. The van der Waals surface area contributed by atoms with E-state index in [2.05, 4.69) is 25.4 Å². The molecule has 0 bridgehead atoms. The quantitative estimate of drug-likeness (QED) is 0.590. The second kappa shape index (κ2) is 6.88. The lowest BCUT2D eigenvalue weighted by atomic mass is 10.2. The molecule has 0 atom stereocenters. The summed E-state index contributed by atoms with van der Waals surface area (Å²) in [5, 5.41) is 8.08. The first-order chi connectivity index (χ1) is 13.0. The van der Waals surface area contributed by atoms with Gasteiger partial charge in [0, 0.05) is 21.8 Å². The largest absolute Gasteiger partial charge is 0.344 e. The van der Waals surface area contributed by atoms with Gasteiger partial charge in [0.15, 0.2) is 0 Å². The zero-order valence-corrected chi connectivity index (χ0v) is 16.0. The number of nitrogens with one attached hydrogen (secondary N) is 1. The molecule has 0 aliphatic heterocycles. The van der Waals surface area contributed by atoms with Crippen molar-refractivity contribution in [1.82, 2.24) is 29.9 Å². The summed E-state index contributed by atoms with van der Waals surface area (Å²) in [6, 6.07) is 11.9. The molecule has 0 radical (unpaired) electrons. The van der Waals surface area contributed by atoms with Gasteiger partial charge in [0.25, 0.3) is 11.7 Å². The van der Waals surface area contributed by atoms with E-state index in [9.17, 15) is 4.79 Å². The van der Waals surface area contributed by atoms with Crippen LogP contribution < -0.4 is 5.32 Å². The van der Waals surface area contributed by atoms with Crippen LogP contribution in [0, 0.1) is 20.8 Å². The maximum atomic E-state index is 12.5. The predicted molar refractivity (Wildman–Crippen MR) is 104 cm³/mol. The van der Waals surface area contributed by atoms with Gasteiger partial charge in [0.1, 0.15) is 5.01 Å². The van der Waals surface area contributed by atoms with E-state index in [-0.39, 0.29) is 11.7 Å². The van der Waals surface area contributed by atoms with Gasteiger partial charge < -0.3 is 5.32 Å². The minimum atomic E-state index is -0.327. The molecule has 136 valence electrons. The van der Waals surface area contributed by atoms with Crippen LogP contribution in [0.3, 0.4) is 0 Å². The SMILES string of the molecule is Cc1cc(C)n2nc(C(=O)NCc3sc(-c4ccccc4)nc3C)nc2n1. The maximum absolute atomic E-state index is 12.5. The Bertz CT molecular complexity index is 1130. The summed E-state index contributed by atoms with van der Waals surface area (Å²) < 4.78 is 1.58. The highest BCUT2D eigenvalue weighted by atomic mass is 32.1. The third kappa shape index (κ3) is 3.43. The maximum Gasteiger partial charge on any atom is 0.291 e. The molecule has 0 unspecified atom stereocenters. The number of fused-ring (bicyclic) bond motifs is 1. The first kappa shape index (κ1) is 17.3. The topological polar surface area (TPSA) is 85.1 Å². The van der Waals surface area contributed by atoms with Gasteiger partial charge in [-0.2, -0.15) is 4.98 Å². The lowest BCUT2D eigenvalue weighted by Crippen LogP contribution is -2.24. The average Bonchev–Trinajstić information content (AvgIpc) is 3.24. The smallest absolute Gasteiger partial charge is 0.291 e. The molecule has 4 rings (SSSR count). The van der Waals surface area contributed by atoms with Crippen molar-refractivity contribution < 1.29 is 4.79 Å². The van der Waals surface area contributed by atoms with Crippen LogP contribution in [0.15, 0.2) is 36.4 Å². The zero-order valence-electron chi connectivity index (χ0n) is 15.2. The summed E-state index contributed by atoms with van der Waals surface area (Å²) in [7, 11) is 0. The Morgan fingerprint density at radius 2 is 1.89 bits per heavy atom. The van der Waals surface area contributed by atoms with Crippen molar-refractivity contribution >= 4 is 23.0 Å². The van der Waals surface area contributed by atoms with Gasteiger partial charge in [-0.25, -0.2) is 14.5 Å². The van der Waals surface area contributed by atoms with Crippen LogP contribution in [0.2, 0.25) is 0 Å². The van der Waals surface area contributed by atoms with Crippen LogP contribution in [0.4, 0.5) is 0 Å². The van der Waals surface area contributed by atoms with Crippen molar-refractivity contribution in [3.8, 4) is 10.6 Å². The second-order valence-corrected chi connectivity index (χ2v) is 7.35. The Kier molecular flexibility index (Phi) is 4.41. The molecular weight excluding hydrogens is 360 g/mol. The van der Waals surface area contributed by atoms with Crippen LogP contribution >= 0.6 is 11.3 Å². The van der Waals surface area contributed by atoms with E-state index >= 15 is 0 Å². The Morgan fingerprint density at radius 1 is 1.11 bits per heavy atom. The second-order valence-electron chi connectivity index (χ2n) is 6.26. The van der Waals surface area contributed by atoms with Crippen LogP contribution in [-0.2, 0) is 6.54 Å². The molecule has 1 amide bonds. The molecule has 0 fully saturated rings. The number of thiazole rings is 1. The Morgan fingerprint density at radius 3 is 2.67 bits per heavy atom. The van der Waals surface area contributed by atoms with Gasteiger partial charge in [0.2, 0.25) is 5.82 Å². The summed E-state index contributed by atoms with van der Waals surface area (Å²) in [4.78, 5) is 26.6. The summed E-state index contributed by atoms with van der Waals surface area (Å²) in [5.41, 5.74) is 3.71. The molecule has 27 heavy (non-hydrogen) atoms. The minimum Gasteiger partial charge on any atom is -0.344 e. The number of carbonyl (C=O) groups excluding carboxylic acids is 1. The van der Waals surface area contributed by atoms with E-state index in [1.54, 1.807) is 15.9 Å². The monoisotopic (exact) mass is 378 g/mol. The number of carbonyl (C=O) groups is 1. The summed E-state index contributed by atoms with van der Waals surface area (Å²) in [5.74, 6) is 0.214. The summed E-state index contributed by atoms with van der Waals surface area (Å²) in [6.45, 7) is 6.13. The highest BCUT2D eigenvalue weighted by molar-refractivity contribution is 7.15. The fraction of sp³-hybridized carbons (Fsp3) is 0.211. The summed E-state index contributed by atoms with van der Waals surface area (Å²) in [6.07, 6.45) is 0. The van der Waals surface area contributed by atoms with E-state index in [0.717, 1.165) is 32.5 Å². The predicted octanol–water partition coefficient (Wildman–Crippen LogP) is 3.10. The number of amides is 1. The van der Waals surface area contributed by atoms with E-state index in [0.29, 0.717) is 12.3 Å². The molecule has 4 aromatic rings. The number of benzene rings is 1. The van der Waals surface area contributed by atoms with Crippen molar-refractivity contribution in [3.05, 3.63) is 64.2 Å². The standard InChI is InChI=1S/C19H18N6OS/c1-11-9-12(2)25-19(21-11)23-16(24-25)17(26)20-10-15-13(3)22-18(27-15)14-7-5-4-6-8-14/h4-9H,10H2,1-3H3,(H,20,26). The van der Waals surface area contributed by atoms with Crippen molar-refractivity contribution in [2.45, 2.75) is 27.3 Å². The normalized spacial score (nSPS) is 11.1. The van der Waals surface area contributed by atoms with Crippen LogP contribution in [0.1, 0.15) is 32.6 Å². The lowest BCUT2D eigenvalue weighted by molar-refractivity contribution is 0.0941. The van der Waals surface area contributed by atoms with Crippen LogP contribution in [-0.4, -0.2) is 30.5 Å². The van der Waals surface area contributed by atoms with Crippen molar-refractivity contribution in [1.29, 1.82) is 0 Å². The third-order valence-electron chi connectivity index (χ3n) is 4.14. The molecule has 3 aromatic heterocycles. The van der Waals surface area contributed by atoms with Gasteiger partial charge in [-0.3, -0.25) is 4.79 Å². The van der Waals surface area contributed by atoms with Gasteiger partial charge >= 0.3 is 0 Å². The molecule has 0 aliphatic rings. The van der Waals surface area contributed by atoms with Crippen molar-refractivity contribution in [2.75, 3.05) is 0 Å². The molecule has 8 heteroatoms. The van der Waals surface area contributed by atoms with E-state index < -0.39 is 0 Å². The first-order valence-corrected chi connectivity index (χ1v) is 9.34. The molecule has 1 N–H and O–H groups in total.